The zero-order chi connectivity index (χ0) is 19.6. The number of ether oxygens (including phenoxy) is 3. The Morgan fingerprint density at radius 1 is 1.15 bits per heavy atom. The predicted molar refractivity (Wildman–Crippen MR) is 102 cm³/mol. The van der Waals surface area contributed by atoms with Crippen LogP contribution < -0.4 is 20.1 Å². The number of amides is 2. The van der Waals surface area contributed by atoms with Crippen molar-refractivity contribution in [3.05, 3.63) is 23.8 Å². The van der Waals surface area contributed by atoms with Crippen LogP contribution in [0.3, 0.4) is 0 Å². The third-order valence-corrected chi connectivity index (χ3v) is 4.76. The van der Waals surface area contributed by atoms with Gasteiger partial charge in [-0.05, 0) is 37.5 Å². The SMILES string of the molecule is COCCOc1ccc(C(C)NC(=O)CNC(=O)C2CCCC2)cc1OC. The maximum Gasteiger partial charge on any atom is 0.239 e. The second-order valence-electron chi connectivity index (χ2n) is 6.74. The number of nitrogens with one attached hydrogen (secondary N) is 2. The van der Waals surface area contributed by atoms with Gasteiger partial charge in [0, 0.05) is 13.0 Å². The molecule has 0 heterocycles. The molecule has 27 heavy (non-hydrogen) atoms. The second kappa shape index (κ2) is 10.8. The molecule has 1 aromatic rings. The maximum atomic E-state index is 12.1. The summed E-state index contributed by atoms with van der Waals surface area (Å²) in [6, 6.07) is 5.31. The highest BCUT2D eigenvalue weighted by atomic mass is 16.5. The van der Waals surface area contributed by atoms with Crippen LogP contribution in [-0.2, 0) is 14.3 Å². The van der Waals surface area contributed by atoms with Crippen LogP contribution in [0.15, 0.2) is 18.2 Å². The summed E-state index contributed by atoms with van der Waals surface area (Å²) in [7, 11) is 3.19. The van der Waals surface area contributed by atoms with Crippen LogP contribution in [-0.4, -0.2) is 45.8 Å². The molecule has 0 aromatic heterocycles. The van der Waals surface area contributed by atoms with Crippen LogP contribution in [0.4, 0.5) is 0 Å². The molecule has 1 saturated carbocycles. The van der Waals surface area contributed by atoms with E-state index >= 15 is 0 Å². The van der Waals surface area contributed by atoms with Crippen molar-refractivity contribution in [1.82, 2.24) is 10.6 Å². The van der Waals surface area contributed by atoms with Crippen LogP contribution in [0.1, 0.15) is 44.2 Å². The van der Waals surface area contributed by atoms with Gasteiger partial charge >= 0.3 is 0 Å². The van der Waals surface area contributed by atoms with Crippen molar-refractivity contribution in [2.45, 2.75) is 38.6 Å². The van der Waals surface area contributed by atoms with E-state index in [1.54, 1.807) is 14.2 Å². The van der Waals surface area contributed by atoms with E-state index in [1.807, 2.05) is 25.1 Å². The first-order valence-corrected chi connectivity index (χ1v) is 9.42. The summed E-state index contributed by atoms with van der Waals surface area (Å²) >= 11 is 0. The van der Waals surface area contributed by atoms with E-state index in [2.05, 4.69) is 10.6 Å². The van der Waals surface area contributed by atoms with E-state index in [1.165, 1.54) is 0 Å². The number of benzene rings is 1. The normalized spacial score (nSPS) is 15.2. The van der Waals surface area contributed by atoms with Crippen molar-refractivity contribution in [3.63, 3.8) is 0 Å². The zero-order valence-corrected chi connectivity index (χ0v) is 16.4. The molecule has 1 unspecified atom stereocenters. The fourth-order valence-corrected chi connectivity index (χ4v) is 3.18. The third-order valence-electron chi connectivity index (χ3n) is 4.76. The molecule has 0 bridgehead atoms. The van der Waals surface area contributed by atoms with Crippen molar-refractivity contribution in [1.29, 1.82) is 0 Å². The first kappa shape index (κ1) is 21.0. The minimum absolute atomic E-state index is 0.00494. The van der Waals surface area contributed by atoms with Crippen molar-refractivity contribution < 1.29 is 23.8 Å². The Hall–Kier alpha value is -2.28. The zero-order valence-electron chi connectivity index (χ0n) is 16.4. The summed E-state index contributed by atoms with van der Waals surface area (Å²) in [5, 5.41) is 5.63. The lowest BCUT2D eigenvalue weighted by Crippen LogP contribution is -2.39. The Kier molecular flexibility index (Phi) is 8.39. The second-order valence-corrected chi connectivity index (χ2v) is 6.74. The Morgan fingerprint density at radius 2 is 1.89 bits per heavy atom. The lowest BCUT2D eigenvalue weighted by atomic mass is 10.1. The number of methoxy groups -OCH3 is 2. The van der Waals surface area contributed by atoms with E-state index in [0.717, 1.165) is 31.2 Å². The minimum Gasteiger partial charge on any atom is -0.493 e. The van der Waals surface area contributed by atoms with Gasteiger partial charge in [0.1, 0.15) is 6.61 Å². The third kappa shape index (κ3) is 6.43. The number of hydrogen-bond donors (Lipinski definition) is 2. The summed E-state index contributed by atoms with van der Waals surface area (Å²) in [5.41, 5.74) is 0.890. The van der Waals surface area contributed by atoms with Crippen molar-refractivity contribution in [2.75, 3.05) is 34.0 Å². The smallest absolute Gasteiger partial charge is 0.239 e. The molecule has 0 radical (unpaired) electrons. The lowest BCUT2D eigenvalue weighted by molar-refractivity contribution is -0.128. The monoisotopic (exact) mass is 378 g/mol. The molecule has 1 aliphatic carbocycles. The average molecular weight is 378 g/mol. The van der Waals surface area contributed by atoms with Gasteiger partial charge in [-0.15, -0.1) is 0 Å². The average Bonchev–Trinajstić information content (AvgIpc) is 3.21. The molecule has 150 valence electrons. The maximum absolute atomic E-state index is 12.1. The fourth-order valence-electron chi connectivity index (χ4n) is 3.18. The number of carbonyl (C=O) groups excluding carboxylic acids is 2. The van der Waals surface area contributed by atoms with E-state index < -0.39 is 0 Å². The van der Waals surface area contributed by atoms with Gasteiger partial charge in [-0.25, -0.2) is 0 Å². The van der Waals surface area contributed by atoms with Crippen LogP contribution in [0.2, 0.25) is 0 Å². The first-order valence-electron chi connectivity index (χ1n) is 9.42. The van der Waals surface area contributed by atoms with E-state index in [9.17, 15) is 9.59 Å². The van der Waals surface area contributed by atoms with Crippen LogP contribution in [0.5, 0.6) is 11.5 Å². The highest BCUT2D eigenvalue weighted by Crippen LogP contribution is 2.30. The summed E-state index contributed by atoms with van der Waals surface area (Å²) in [5.74, 6) is 1.05. The van der Waals surface area contributed by atoms with Gasteiger partial charge in [0.15, 0.2) is 11.5 Å². The lowest BCUT2D eigenvalue weighted by Gasteiger charge is -2.18. The van der Waals surface area contributed by atoms with Crippen molar-refractivity contribution in [2.24, 2.45) is 5.92 Å². The van der Waals surface area contributed by atoms with Crippen LogP contribution >= 0.6 is 0 Å². The summed E-state index contributed by atoms with van der Waals surface area (Å²) in [6.45, 7) is 2.80. The molecule has 1 aromatic carbocycles. The standard InChI is InChI=1S/C20H30N2O5/c1-14(22-19(23)13-21-20(24)15-6-4-5-7-15)16-8-9-17(18(12-16)26-3)27-11-10-25-2/h8-9,12,14-15H,4-7,10-11,13H2,1-3H3,(H,21,24)(H,22,23). The minimum atomic E-state index is -0.220. The molecule has 7 nitrogen and oxygen atoms in total. The number of rotatable bonds is 10. The molecule has 2 rings (SSSR count). The van der Waals surface area contributed by atoms with Gasteiger partial charge in [-0.2, -0.15) is 0 Å². The van der Waals surface area contributed by atoms with Gasteiger partial charge in [-0.3, -0.25) is 9.59 Å². The van der Waals surface area contributed by atoms with Gasteiger partial charge in [-0.1, -0.05) is 18.9 Å². The molecule has 0 spiro atoms. The topological polar surface area (TPSA) is 85.9 Å². The van der Waals surface area contributed by atoms with Crippen LogP contribution in [0, 0.1) is 5.92 Å². The Morgan fingerprint density at radius 3 is 2.56 bits per heavy atom. The van der Waals surface area contributed by atoms with Gasteiger partial charge in [0.25, 0.3) is 0 Å². The molecular formula is C20H30N2O5. The quantitative estimate of drug-likeness (QED) is 0.610. The van der Waals surface area contributed by atoms with Gasteiger partial charge in [0.2, 0.25) is 11.8 Å². The molecule has 1 atom stereocenters. The van der Waals surface area contributed by atoms with E-state index in [4.69, 9.17) is 14.2 Å². The fraction of sp³-hybridized carbons (Fsp3) is 0.600. The van der Waals surface area contributed by atoms with Gasteiger partial charge in [0.05, 0.1) is 26.3 Å². The number of carbonyl (C=O) groups is 2. The highest BCUT2D eigenvalue weighted by molar-refractivity contribution is 5.86. The van der Waals surface area contributed by atoms with E-state index in [0.29, 0.717) is 24.7 Å². The summed E-state index contributed by atoms with van der Waals surface area (Å²) < 4.78 is 16.0. The van der Waals surface area contributed by atoms with E-state index in [-0.39, 0.29) is 30.3 Å². The van der Waals surface area contributed by atoms with Gasteiger partial charge < -0.3 is 24.8 Å². The summed E-state index contributed by atoms with van der Waals surface area (Å²) in [6.07, 6.45) is 4.02. The van der Waals surface area contributed by atoms with Crippen molar-refractivity contribution >= 4 is 11.8 Å². The molecule has 0 aliphatic heterocycles. The Balaban J connectivity index is 1.85. The molecule has 2 amide bonds. The molecule has 1 aliphatic rings. The first-order chi connectivity index (χ1) is 13.0. The largest absolute Gasteiger partial charge is 0.493 e. The predicted octanol–water partition coefficient (Wildman–Crippen LogP) is 2.20. The Bertz CT molecular complexity index is 629. The molecular weight excluding hydrogens is 348 g/mol. The summed E-state index contributed by atoms with van der Waals surface area (Å²) in [4.78, 5) is 24.2. The van der Waals surface area contributed by atoms with Crippen LogP contribution in [0.25, 0.3) is 0 Å². The Labute approximate surface area is 160 Å². The number of hydrogen-bond acceptors (Lipinski definition) is 5. The van der Waals surface area contributed by atoms with Crippen molar-refractivity contribution in [3.8, 4) is 11.5 Å². The highest BCUT2D eigenvalue weighted by Gasteiger charge is 2.23. The molecule has 2 N–H and O–H groups in total. The molecule has 1 fully saturated rings. The molecule has 0 saturated heterocycles. The molecule has 7 heteroatoms.